The lowest BCUT2D eigenvalue weighted by Gasteiger charge is -2.27. The minimum absolute atomic E-state index is 0.138. The van der Waals surface area contributed by atoms with Crippen molar-refractivity contribution < 1.29 is 17.6 Å². The van der Waals surface area contributed by atoms with Gasteiger partial charge in [0.15, 0.2) is 23.3 Å². The summed E-state index contributed by atoms with van der Waals surface area (Å²) >= 11 is 2.49. The highest BCUT2D eigenvalue weighted by Crippen LogP contribution is 2.28. The molecule has 0 amide bonds. The zero-order valence-electron chi connectivity index (χ0n) is 9.37. The molecule has 2 rings (SSSR count). The van der Waals surface area contributed by atoms with Crippen LogP contribution in [0.25, 0.3) is 0 Å². The van der Waals surface area contributed by atoms with E-state index in [-0.39, 0.29) is 6.54 Å². The van der Waals surface area contributed by atoms with E-state index in [4.69, 9.17) is 0 Å². The van der Waals surface area contributed by atoms with Gasteiger partial charge >= 0.3 is 0 Å². The van der Waals surface area contributed by atoms with Crippen molar-refractivity contribution in [3.8, 4) is 0 Å². The van der Waals surface area contributed by atoms with E-state index in [2.05, 4.69) is 21.2 Å². The van der Waals surface area contributed by atoms with Crippen LogP contribution in [0, 0.1) is 23.3 Å². The Hall–Kier alpha value is -0.660. The van der Waals surface area contributed by atoms with Crippen molar-refractivity contribution in [1.29, 1.82) is 0 Å². The lowest BCUT2D eigenvalue weighted by molar-refractivity contribution is 0.224. The molecule has 0 spiro atoms. The van der Waals surface area contributed by atoms with E-state index in [9.17, 15) is 17.6 Å². The first-order valence-corrected chi connectivity index (χ1v) is 6.25. The summed E-state index contributed by atoms with van der Waals surface area (Å²) in [6.45, 7) is 2.40. The molecular weight excluding hydrogens is 316 g/mol. The lowest BCUT2D eigenvalue weighted by atomic mass is 10.1. The van der Waals surface area contributed by atoms with Crippen molar-refractivity contribution in [2.75, 3.05) is 26.2 Å². The van der Waals surface area contributed by atoms with Gasteiger partial charge in [-0.1, -0.05) is 0 Å². The van der Waals surface area contributed by atoms with E-state index in [1.807, 2.05) is 0 Å². The monoisotopic (exact) mass is 326 g/mol. The summed E-state index contributed by atoms with van der Waals surface area (Å²) in [4.78, 5) is 1.74. The number of benzene rings is 1. The fourth-order valence-corrected chi connectivity index (χ4v) is 2.23. The van der Waals surface area contributed by atoms with Gasteiger partial charge in [-0.2, -0.15) is 0 Å². The van der Waals surface area contributed by atoms with E-state index in [0.717, 1.165) is 0 Å². The number of piperazine rings is 1. The smallest absolute Gasteiger partial charge is 0.176 e. The van der Waals surface area contributed by atoms with Gasteiger partial charge in [0.2, 0.25) is 0 Å². The average Bonchev–Trinajstić information content (AvgIpc) is 2.40. The van der Waals surface area contributed by atoms with Crippen molar-refractivity contribution in [2.45, 2.75) is 6.54 Å². The number of halogens is 5. The molecule has 1 aliphatic rings. The molecular formula is C11H11BrF4N2. The van der Waals surface area contributed by atoms with E-state index in [1.165, 1.54) is 0 Å². The van der Waals surface area contributed by atoms with E-state index < -0.39 is 33.3 Å². The van der Waals surface area contributed by atoms with Gasteiger partial charge in [-0.05, 0) is 15.9 Å². The molecule has 0 radical (unpaired) electrons. The Morgan fingerprint density at radius 3 is 1.94 bits per heavy atom. The second kappa shape index (κ2) is 5.54. The van der Waals surface area contributed by atoms with E-state index in [1.54, 1.807) is 4.90 Å². The van der Waals surface area contributed by atoms with Gasteiger partial charge in [-0.3, -0.25) is 4.90 Å². The third-order valence-electron chi connectivity index (χ3n) is 2.89. The molecule has 0 atom stereocenters. The fourth-order valence-electron chi connectivity index (χ4n) is 1.88. The Morgan fingerprint density at radius 1 is 0.944 bits per heavy atom. The van der Waals surface area contributed by atoms with Gasteiger partial charge in [0, 0.05) is 38.3 Å². The molecule has 0 unspecified atom stereocenters. The summed E-state index contributed by atoms with van der Waals surface area (Å²) in [6, 6.07) is 0. The summed E-state index contributed by atoms with van der Waals surface area (Å²) in [5.41, 5.74) is -0.560. The molecule has 1 aromatic rings. The molecule has 18 heavy (non-hydrogen) atoms. The highest BCUT2D eigenvalue weighted by Gasteiger charge is 2.25. The van der Waals surface area contributed by atoms with Crippen molar-refractivity contribution in [1.82, 2.24) is 10.2 Å². The predicted molar refractivity (Wildman–Crippen MR) is 62.1 cm³/mol. The minimum atomic E-state index is -1.39. The van der Waals surface area contributed by atoms with Crippen LogP contribution < -0.4 is 5.32 Å². The van der Waals surface area contributed by atoms with E-state index in [0.29, 0.717) is 26.2 Å². The third-order valence-corrected chi connectivity index (χ3v) is 3.59. The van der Waals surface area contributed by atoms with Crippen LogP contribution in [-0.2, 0) is 6.54 Å². The number of nitrogens with one attached hydrogen (secondary N) is 1. The number of nitrogens with zero attached hydrogens (tertiary/aromatic N) is 1. The van der Waals surface area contributed by atoms with Crippen LogP contribution in [0.5, 0.6) is 0 Å². The Bertz CT molecular complexity index is 432. The lowest BCUT2D eigenvalue weighted by Crippen LogP contribution is -2.43. The van der Waals surface area contributed by atoms with Gasteiger partial charge in [0.05, 0.1) is 4.47 Å². The highest BCUT2D eigenvalue weighted by molar-refractivity contribution is 9.10. The Kier molecular flexibility index (Phi) is 4.24. The van der Waals surface area contributed by atoms with Crippen LogP contribution in [0.4, 0.5) is 17.6 Å². The average molecular weight is 327 g/mol. The van der Waals surface area contributed by atoms with Gasteiger partial charge < -0.3 is 5.32 Å². The maximum Gasteiger partial charge on any atom is 0.176 e. The first-order valence-electron chi connectivity index (χ1n) is 5.45. The number of hydrogen-bond donors (Lipinski definition) is 1. The van der Waals surface area contributed by atoms with Gasteiger partial charge in [-0.15, -0.1) is 0 Å². The molecule has 0 saturated carbocycles. The summed E-state index contributed by atoms with van der Waals surface area (Å²) in [6.07, 6.45) is 0. The minimum Gasteiger partial charge on any atom is -0.314 e. The summed E-state index contributed by atoms with van der Waals surface area (Å²) < 4.78 is 53.1. The SMILES string of the molecule is Fc1c(F)c(CN2CCNCC2)c(F)c(F)c1Br. The van der Waals surface area contributed by atoms with Crippen LogP contribution in [0.1, 0.15) is 5.56 Å². The van der Waals surface area contributed by atoms with Crippen LogP contribution in [0.2, 0.25) is 0 Å². The van der Waals surface area contributed by atoms with Crippen LogP contribution in [0.3, 0.4) is 0 Å². The summed E-state index contributed by atoms with van der Waals surface area (Å²) in [7, 11) is 0. The van der Waals surface area contributed by atoms with Gasteiger partial charge in [0.25, 0.3) is 0 Å². The quantitative estimate of drug-likeness (QED) is 0.510. The largest absolute Gasteiger partial charge is 0.314 e. The standard InChI is InChI=1S/C11H11BrF4N2/c12-7-10(15)8(13)6(9(14)11(7)16)5-18-3-1-17-2-4-18/h17H,1-5H2. The first kappa shape index (κ1) is 13.8. The van der Waals surface area contributed by atoms with Crippen LogP contribution in [0.15, 0.2) is 4.47 Å². The summed E-state index contributed by atoms with van der Waals surface area (Å²) in [5, 5.41) is 3.08. The molecule has 1 N–H and O–H groups in total. The Morgan fingerprint density at radius 2 is 1.44 bits per heavy atom. The molecule has 0 aliphatic carbocycles. The van der Waals surface area contributed by atoms with Gasteiger partial charge in [0.1, 0.15) is 0 Å². The maximum atomic E-state index is 13.6. The normalized spacial score (nSPS) is 17.2. The first-order chi connectivity index (χ1) is 8.52. The van der Waals surface area contributed by atoms with E-state index >= 15 is 0 Å². The second-order valence-corrected chi connectivity index (χ2v) is 4.87. The molecule has 1 aromatic carbocycles. The predicted octanol–water partition coefficient (Wildman–Crippen LogP) is 2.41. The van der Waals surface area contributed by atoms with Gasteiger partial charge in [-0.25, -0.2) is 17.6 Å². The van der Waals surface area contributed by atoms with Crippen molar-refractivity contribution >= 4 is 15.9 Å². The second-order valence-electron chi connectivity index (χ2n) is 4.07. The van der Waals surface area contributed by atoms with Crippen molar-refractivity contribution in [3.63, 3.8) is 0 Å². The molecule has 100 valence electrons. The molecule has 7 heteroatoms. The Labute approximate surface area is 110 Å². The number of hydrogen-bond acceptors (Lipinski definition) is 2. The zero-order chi connectivity index (χ0) is 13.3. The van der Waals surface area contributed by atoms with Crippen molar-refractivity contribution in [2.24, 2.45) is 0 Å². The number of rotatable bonds is 2. The highest BCUT2D eigenvalue weighted by atomic mass is 79.9. The van der Waals surface area contributed by atoms with Crippen molar-refractivity contribution in [3.05, 3.63) is 33.3 Å². The van der Waals surface area contributed by atoms with Crippen LogP contribution >= 0.6 is 15.9 Å². The zero-order valence-corrected chi connectivity index (χ0v) is 11.0. The topological polar surface area (TPSA) is 15.3 Å². The molecule has 1 aliphatic heterocycles. The molecule has 0 bridgehead atoms. The molecule has 2 nitrogen and oxygen atoms in total. The molecule has 1 saturated heterocycles. The molecule has 1 fully saturated rings. The molecule has 1 heterocycles. The third kappa shape index (κ3) is 2.53. The summed E-state index contributed by atoms with van der Waals surface area (Å²) in [5.74, 6) is -5.45. The Balaban J connectivity index is 2.32. The fraction of sp³-hybridized carbons (Fsp3) is 0.455. The molecule has 0 aromatic heterocycles. The maximum absolute atomic E-state index is 13.6. The van der Waals surface area contributed by atoms with Crippen LogP contribution in [-0.4, -0.2) is 31.1 Å².